The Kier molecular flexibility index (Phi) is 4.82. The lowest BCUT2D eigenvalue weighted by atomic mass is 10.1. The highest BCUT2D eigenvalue weighted by molar-refractivity contribution is 5.71. The van der Waals surface area contributed by atoms with Gasteiger partial charge >= 0.3 is 5.97 Å². The lowest BCUT2D eigenvalue weighted by molar-refractivity contribution is -0.152. The Hall–Kier alpha value is -1.71. The summed E-state index contributed by atoms with van der Waals surface area (Å²) in [7, 11) is 0. The molecule has 0 aromatic heterocycles. The van der Waals surface area contributed by atoms with Gasteiger partial charge in [-0.2, -0.15) is 0 Å². The molecule has 1 atom stereocenters. The number of esters is 1. The van der Waals surface area contributed by atoms with Crippen LogP contribution in [0.25, 0.3) is 0 Å². The lowest BCUT2D eigenvalue weighted by Crippen LogP contribution is -2.24. The SMILES string of the molecule is CC(C)C(C)OC(=O)COc1ccccc1N. The summed E-state index contributed by atoms with van der Waals surface area (Å²) >= 11 is 0. The number of hydrogen-bond acceptors (Lipinski definition) is 4. The van der Waals surface area contributed by atoms with Crippen molar-refractivity contribution in [2.75, 3.05) is 12.3 Å². The molecule has 17 heavy (non-hydrogen) atoms. The molecule has 1 aromatic carbocycles. The van der Waals surface area contributed by atoms with Gasteiger partial charge in [-0.25, -0.2) is 4.79 Å². The summed E-state index contributed by atoms with van der Waals surface area (Å²) in [5, 5.41) is 0. The van der Waals surface area contributed by atoms with Crippen LogP contribution in [0.5, 0.6) is 5.75 Å². The normalized spacial score (nSPS) is 12.2. The molecule has 0 saturated heterocycles. The molecule has 0 aliphatic rings. The standard InChI is InChI=1S/C13H19NO3/c1-9(2)10(3)17-13(15)8-16-12-7-5-4-6-11(12)14/h4-7,9-10H,8,14H2,1-3H3. The molecular weight excluding hydrogens is 218 g/mol. The van der Waals surface area contributed by atoms with E-state index in [1.165, 1.54) is 0 Å². The van der Waals surface area contributed by atoms with E-state index in [0.29, 0.717) is 17.4 Å². The first-order valence-electron chi connectivity index (χ1n) is 5.67. The van der Waals surface area contributed by atoms with E-state index in [1.807, 2.05) is 20.8 Å². The molecule has 0 amide bonds. The number of para-hydroxylation sites is 2. The molecule has 4 nitrogen and oxygen atoms in total. The van der Waals surface area contributed by atoms with Crippen LogP contribution in [0.1, 0.15) is 20.8 Å². The molecule has 0 spiro atoms. The minimum atomic E-state index is -0.380. The highest BCUT2D eigenvalue weighted by atomic mass is 16.6. The molecule has 0 fully saturated rings. The summed E-state index contributed by atoms with van der Waals surface area (Å²) in [4.78, 5) is 11.5. The largest absolute Gasteiger partial charge is 0.480 e. The fraction of sp³-hybridized carbons (Fsp3) is 0.462. The van der Waals surface area contributed by atoms with Gasteiger partial charge in [-0.15, -0.1) is 0 Å². The van der Waals surface area contributed by atoms with Crippen LogP contribution < -0.4 is 10.5 Å². The van der Waals surface area contributed by atoms with Crippen LogP contribution in [0.4, 0.5) is 5.69 Å². The fourth-order valence-corrected chi connectivity index (χ4v) is 1.13. The Morgan fingerprint density at radius 3 is 2.53 bits per heavy atom. The minimum Gasteiger partial charge on any atom is -0.480 e. The van der Waals surface area contributed by atoms with Gasteiger partial charge in [0.1, 0.15) is 11.9 Å². The Morgan fingerprint density at radius 2 is 1.94 bits per heavy atom. The number of ether oxygens (including phenoxy) is 2. The molecule has 0 bridgehead atoms. The zero-order valence-electron chi connectivity index (χ0n) is 10.5. The third kappa shape index (κ3) is 4.34. The summed E-state index contributed by atoms with van der Waals surface area (Å²) in [6.07, 6.45) is -0.112. The maximum atomic E-state index is 11.5. The second-order valence-corrected chi connectivity index (χ2v) is 4.27. The van der Waals surface area contributed by atoms with E-state index < -0.39 is 0 Å². The number of hydrogen-bond donors (Lipinski definition) is 1. The van der Waals surface area contributed by atoms with Crippen LogP contribution in [0.3, 0.4) is 0 Å². The van der Waals surface area contributed by atoms with Crippen molar-refractivity contribution in [1.29, 1.82) is 0 Å². The fourth-order valence-electron chi connectivity index (χ4n) is 1.13. The monoisotopic (exact) mass is 237 g/mol. The average Bonchev–Trinajstić information content (AvgIpc) is 2.27. The molecule has 0 heterocycles. The van der Waals surface area contributed by atoms with Gasteiger partial charge in [0, 0.05) is 0 Å². The van der Waals surface area contributed by atoms with Gasteiger partial charge in [-0.1, -0.05) is 26.0 Å². The quantitative estimate of drug-likeness (QED) is 0.630. The molecular formula is C13H19NO3. The predicted octanol–water partition coefficient (Wildman–Crippen LogP) is 2.24. The number of benzene rings is 1. The van der Waals surface area contributed by atoms with Gasteiger partial charge in [0.05, 0.1) is 5.69 Å². The molecule has 0 aliphatic heterocycles. The summed E-state index contributed by atoms with van der Waals surface area (Å²) in [5.41, 5.74) is 6.19. The van der Waals surface area contributed by atoms with E-state index in [1.54, 1.807) is 24.3 Å². The van der Waals surface area contributed by atoms with Crippen molar-refractivity contribution < 1.29 is 14.3 Å². The van der Waals surface area contributed by atoms with Crippen LogP contribution in [0.15, 0.2) is 24.3 Å². The topological polar surface area (TPSA) is 61.5 Å². The summed E-state index contributed by atoms with van der Waals surface area (Å²) in [6.45, 7) is 5.73. The molecule has 0 radical (unpaired) electrons. The van der Waals surface area contributed by atoms with Gasteiger partial charge in [-0.05, 0) is 25.0 Å². The van der Waals surface area contributed by atoms with Gasteiger partial charge in [-0.3, -0.25) is 0 Å². The van der Waals surface area contributed by atoms with E-state index in [2.05, 4.69) is 0 Å². The lowest BCUT2D eigenvalue weighted by Gasteiger charge is -2.16. The molecule has 4 heteroatoms. The van der Waals surface area contributed by atoms with Crippen molar-refractivity contribution in [3.63, 3.8) is 0 Å². The number of carbonyl (C=O) groups is 1. The smallest absolute Gasteiger partial charge is 0.344 e. The Labute approximate surface area is 102 Å². The first kappa shape index (κ1) is 13.4. The van der Waals surface area contributed by atoms with E-state index in [0.717, 1.165) is 0 Å². The molecule has 2 N–H and O–H groups in total. The van der Waals surface area contributed by atoms with Crippen molar-refractivity contribution in [3.05, 3.63) is 24.3 Å². The second kappa shape index (κ2) is 6.13. The zero-order chi connectivity index (χ0) is 12.8. The van der Waals surface area contributed by atoms with Gasteiger partial charge in [0.25, 0.3) is 0 Å². The van der Waals surface area contributed by atoms with Crippen LogP contribution in [-0.4, -0.2) is 18.7 Å². The second-order valence-electron chi connectivity index (χ2n) is 4.27. The maximum Gasteiger partial charge on any atom is 0.344 e. The first-order chi connectivity index (χ1) is 8.00. The third-order valence-corrected chi connectivity index (χ3v) is 2.52. The molecule has 94 valence electrons. The van der Waals surface area contributed by atoms with Crippen molar-refractivity contribution >= 4 is 11.7 Å². The van der Waals surface area contributed by atoms with Crippen LogP contribution in [-0.2, 0) is 9.53 Å². The Bertz CT molecular complexity index is 377. The summed E-state index contributed by atoms with van der Waals surface area (Å²) in [5.74, 6) is 0.414. The number of nitrogen functional groups attached to an aromatic ring is 1. The highest BCUT2D eigenvalue weighted by Gasteiger charge is 2.13. The van der Waals surface area contributed by atoms with E-state index in [-0.39, 0.29) is 18.7 Å². The molecule has 1 rings (SSSR count). The zero-order valence-corrected chi connectivity index (χ0v) is 10.5. The number of anilines is 1. The van der Waals surface area contributed by atoms with Crippen LogP contribution in [0, 0.1) is 5.92 Å². The van der Waals surface area contributed by atoms with E-state index in [9.17, 15) is 4.79 Å². The summed E-state index contributed by atoms with van der Waals surface area (Å²) < 4.78 is 10.4. The van der Waals surface area contributed by atoms with Gasteiger partial charge < -0.3 is 15.2 Å². The van der Waals surface area contributed by atoms with Crippen molar-refractivity contribution in [2.45, 2.75) is 26.9 Å². The maximum absolute atomic E-state index is 11.5. The van der Waals surface area contributed by atoms with Crippen molar-refractivity contribution in [3.8, 4) is 5.75 Å². The Morgan fingerprint density at radius 1 is 1.29 bits per heavy atom. The molecule has 1 unspecified atom stereocenters. The van der Waals surface area contributed by atoms with Crippen LogP contribution in [0.2, 0.25) is 0 Å². The Balaban J connectivity index is 2.41. The number of nitrogens with two attached hydrogens (primary N) is 1. The van der Waals surface area contributed by atoms with E-state index >= 15 is 0 Å². The molecule has 0 saturated carbocycles. The van der Waals surface area contributed by atoms with Gasteiger partial charge in [0.15, 0.2) is 6.61 Å². The van der Waals surface area contributed by atoms with Crippen LogP contribution >= 0.6 is 0 Å². The van der Waals surface area contributed by atoms with Gasteiger partial charge in [0.2, 0.25) is 0 Å². The molecule has 0 aliphatic carbocycles. The summed E-state index contributed by atoms with van der Waals surface area (Å²) in [6, 6.07) is 7.04. The first-order valence-corrected chi connectivity index (χ1v) is 5.67. The average molecular weight is 237 g/mol. The predicted molar refractivity (Wildman–Crippen MR) is 66.7 cm³/mol. The van der Waals surface area contributed by atoms with E-state index in [4.69, 9.17) is 15.2 Å². The number of rotatable bonds is 5. The minimum absolute atomic E-state index is 0.112. The van der Waals surface area contributed by atoms with Crippen molar-refractivity contribution in [1.82, 2.24) is 0 Å². The third-order valence-electron chi connectivity index (χ3n) is 2.52. The highest BCUT2D eigenvalue weighted by Crippen LogP contribution is 2.19. The molecule has 1 aromatic rings. The van der Waals surface area contributed by atoms with Crippen molar-refractivity contribution in [2.24, 2.45) is 5.92 Å². The number of carbonyl (C=O) groups excluding carboxylic acids is 1.